The van der Waals surface area contributed by atoms with Crippen molar-refractivity contribution in [1.82, 2.24) is 0 Å². The number of hydrogen-bond donors (Lipinski definition) is 0. The predicted molar refractivity (Wildman–Crippen MR) is 87.6 cm³/mol. The van der Waals surface area contributed by atoms with Crippen molar-refractivity contribution < 1.29 is 27.8 Å². The fraction of sp³-hybridized carbons (Fsp3) is 0.263. The van der Waals surface area contributed by atoms with Gasteiger partial charge in [0.15, 0.2) is 0 Å². The Morgan fingerprint density at radius 3 is 1.76 bits per heavy atom. The molecule has 0 aromatic heterocycles. The van der Waals surface area contributed by atoms with Crippen LogP contribution in [0.4, 0.5) is 8.78 Å². The van der Waals surface area contributed by atoms with Gasteiger partial charge in [-0.25, -0.2) is 18.4 Å². The number of carbonyl (C=O) groups is 2. The molecule has 0 aliphatic carbocycles. The van der Waals surface area contributed by atoms with Crippen molar-refractivity contribution in [2.24, 2.45) is 5.92 Å². The average molecular weight is 348 g/mol. The lowest BCUT2D eigenvalue weighted by molar-refractivity contribution is -0.00109. The first-order valence-corrected chi connectivity index (χ1v) is 7.80. The van der Waals surface area contributed by atoms with E-state index in [1.165, 1.54) is 0 Å². The molecule has 4 nitrogen and oxygen atoms in total. The zero-order valence-corrected chi connectivity index (χ0v) is 13.4. The lowest BCUT2D eigenvalue weighted by Crippen LogP contribution is -2.23. The smallest absolute Gasteiger partial charge is 0.338 e. The van der Waals surface area contributed by atoms with Crippen molar-refractivity contribution >= 4 is 11.9 Å². The molecule has 0 heterocycles. The van der Waals surface area contributed by atoms with Gasteiger partial charge < -0.3 is 9.47 Å². The SMILES string of the molecule is O=C(OCCC(COC(=O)c1ccccc1)C(F)F)c1ccccc1. The highest BCUT2D eigenvalue weighted by Crippen LogP contribution is 2.16. The second kappa shape index (κ2) is 9.52. The Bertz CT molecular complexity index is 674. The quantitative estimate of drug-likeness (QED) is 0.678. The molecule has 6 heteroatoms. The van der Waals surface area contributed by atoms with Crippen molar-refractivity contribution in [3.63, 3.8) is 0 Å². The van der Waals surface area contributed by atoms with E-state index in [9.17, 15) is 18.4 Å². The average Bonchev–Trinajstić information content (AvgIpc) is 2.65. The summed E-state index contributed by atoms with van der Waals surface area (Å²) in [5.41, 5.74) is 0.651. The summed E-state index contributed by atoms with van der Waals surface area (Å²) in [5.74, 6) is -2.43. The predicted octanol–water partition coefficient (Wildman–Crippen LogP) is 3.97. The molecule has 0 radical (unpaired) electrons. The van der Waals surface area contributed by atoms with Gasteiger partial charge in [0.2, 0.25) is 6.43 Å². The monoisotopic (exact) mass is 348 g/mol. The molecule has 2 aromatic rings. The minimum Gasteiger partial charge on any atom is -0.462 e. The number of carbonyl (C=O) groups excluding carboxylic acids is 2. The van der Waals surface area contributed by atoms with Crippen molar-refractivity contribution in [2.45, 2.75) is 12.8 Å². The van der Waals surface area contributed by atoms with E-state index in [1.807, 2.05) is 0 Å². The maximum absolute atomic E-state index is 13.1. The number of alkyl halides is 2. The highest BCUT2D eigenvalue weighted by atomic mass is 19.3. The van der Waals surface area contributed by atoms with Gasteiger partial charge in [-0.15, -0.1) is 0 Å². The van der Waals surface area contributed by atoms with Crippen LogP contribution in [0.1, 0.15) is 27.1 Å². The molecule has 0 aliphatic rings. The van der Waals surface area contributed by atoms with Crippen LogP contribution in [0.3, 0.4) is 0 Å². The second-order valence-electron chi connectivity index (χ2n) is 5.35. The fourth-order valence-electron chi connectivity index (χ4n) is 2.08. The molecular formula is C19H18F2O4. The van der Waals surface area contributed by atoms with Gasteiger partial charge in [-0.3, -0.25) is 0 Å². The van der Waals surface area contributed by atoms with Gasteiger partial charge in [-0.05, 0) is 30.7 Å². The van der Waals surface area contributed by atoms with Crippen molar-refractivity contribution in [3.05, 3.63) is 71.8 Å². The molecule has 2 aromatic carbocycles. The molecule has 0 saturated heterocycles. The molecular weight excluding hydrogens is 330 g/mol. The molecule has 0 aliphatic heterocycles. The third-order valence-electron chi connectivity index (χ3n) is 3.53. The van der Waals surface area contributed by atoms with E-state index in [0.29, 0.717) is 11.1 Å². The van der Waals surface area contributed by atoms with Crippen molar-refractivity contribution in [1.29, 1.82) is 0 Å². The van der Waals surface area contributed by atoms with E-state index in [2.05, 4.69) is 0 Å². The molecule has 0 N–H and O–H groups in total. The highest BCUT2D eigenvalue weighted by Gasteiger charge is 2.23. The first-order chi connectivity index (χ1) is 12.1. The maximum atomic E-state index is 13.1. The van der Waals surface area contributed by atoms with Gasteiger partial charge in [0, 0.05) is 0 Å². The Morgan fingerprint density at radius 1 is 0.800 bits per heavy atom. The van der Waals surface area contributed by atoms with E-state index >= 15 is 0 Å². The van der Waals surface area contributed by atoms with Gasteiger partial charge in [-0.2, -0.15) is 0 Å². The second-order valence-corrected chi connectivity index (χ2v) is 5.35. The Kier molecular flexibility index (Phi) is 7.07. The number of benzene rings is 2. The molecule has 0 amide bonds. The van der Waals surface area contributed by atoms with Gasteiger partial charge in [-0.1, -0.05) is 36.4 Å². The summed E-state index contributed by atoms with van der Waals surface area (Å²) in [6.45, 7) is -0.611. The molecule has 0 saturated carbocycles. The molecule has 25 heavy (non-hydrogen) atoms. The van der Waals surface area contributed by atoms with Crippen LogP contribution >= 0.6 is 0 Å². The third kappa shape index (κ3) is 5.99. The van der Waals surface area contributed by atoms with Crippen LogP contribution in [-0.2, 0) is 9.47 Å². The number of halogens is 2. The Hall–Kier alpha value is -2.76. The Balaban J connectivity index is 1.79. The van der Waals surface area contributed by atoms with E-state index in [0.717, 1.165) is 0 Å². The van der Waals surface area contributed by atoms with E-state index < -0.39 is 30.9 Å². The van der Waals surface area contributed by atoms with Gasteiger partial charge in [0.05, 0.1) is 23.7 Å². The number of esters is 2. The van der Waals surface area contributed by atoms with Gasteiger partial charge in [0.25, 0.3) is 0 Å². The molecule has 0 spiro atoms. The molecule has 0 fully saturated rings. The maximum Gasteiger partial charge on any atom is 0.338 e. The Labute approximate surface area is 144 Å². The molecule has 0 bridgehead atoms. The van der Waals surface area contributed by atoms with Crippen molar-refractivity contribution in [3.8, 4) is 0 Å². The summed E-state index contributed by atoms with van der Waals surface area (Å²) in [5, 5.41) is 0. The molecule has 2 rings (SSSR count). The minimum absolute atomic E-state index is 0.0989. The van der Waals surface area contributed by atoms with Crippen LogP contribution in [0.15, 0.2) is 60.7 Å². The van der Waals surface area contributed by atoms with E-state index in [4.69, 9.17) is 9.47 Å². The number of hydrogen-bond acceptors (Lipinski definition) is 4. The van der Waals surface area contributed by atoms with Crippen LogP contribution in [0, 0.1) is 5.92 Å². The summed E-state index contributed by atoms with van der Waals surface area (Å²) in [6.07, 6.45) is -2.78. The zero-order chi connectivity index (χ0) is 18.1. The normalized spacial score (nSPS) is 11.8. The highest BCUT2D eigenvalue weighted by molar-refractivity contribution is 5.89. The summed E-state index contributed by atoms with van der Waals surface area (Å²) < 4.78 is 36.1. The lowest BCUT2D eigenvalue weighted by Gasteiger charge is -2.16. The largest absolute Gasteiger partial charge is 0.462 e. The van der Waals surface area contributed by atoms with Crippen LogP contribution < -0.4 is 0 Å². The first-order valence-electron chi connectivity index (χ1n) is 7.80. The fourth-order valence-corrected chi connectivity index (χ4v) is 2.08. The summed E-state index contributed by atoms with van der Waals surface area (Å²) in [4.78, 5) is 23.5. The van der Waals surface area contributed by atoms with Gasteiger partial charge in [0.1, 0.15) is 6.61 Å². The lowest BCUT2D eigenvalue weighted by atomic mass is 10.1. The first kappa shape index (κ1) is 18.6. The third-order valence-corrected chi connectivity index (χ3v) is 3.53. The van der Waals surface area contributed by atoms with Crippen LogP contribution in [-0.4, -0.2) is 31.6 Å². The molecule has 1 unspecified atom stereocenters. The molecule has 132 valence electrons. The van der Waals surface area contributed by atoms with Crippen LogP contribution in [0.2, 0.25) is 0 Å². The van der Waals surface area contributed by atoms with Crippen molar-refractivity contribution in [2.75, 3.05) is 13.2 Å². The number of rotatable bonds is 8. The van der Waals surface area contributed by atoms with Crippen LogP contribution in [0.5, 0.6) is 0 Å². The van der Waals surface area contributed by atoms with Crippen LogP contribution in [0.25, 0.3) is 0 Å². The standard InChI is InChI=1S/C19H18F2O4/c20-17(21)16(13-25-19(23)15-9-5-2-6-10-15)11-12-24-18(22)14-7-3-1-4-8-14/h1-10,16-17H,11-13H2. The van der Waals surface area contributed by atoms with E-state index in [-0.39, 0.29) is 13.0 Å². The topological polar surface area (TPSA) is 52.6 Å². The molecule has 1 atom stereocenters. The number of ether oxygens (including phenoxy) is 2. The van der Waals surface area contributed by atoms with Gasteiger partial charge >= 0.3 is 11.9 Å². The zero-order valence-electron chi connectivity index (χ0n) is 13.4. The minimum atomic E-state index is -2.68. The summed E-state index contributed by atoms with van der Waals surface area (Å²) in [6, 6.07) is 16.4. The summed E-state index contributed by atoms with van der Waals surface area (Å²) in [7, 11) is 0. The van der Waals surface area contributed by atoms with E-state index in [1.54, 1.807) is 60.7 Å². The Morgan fingerprint density at radius 2 is 1.28 bits per heavy atom. The summed E-state index contributed by atoms with van der Waals surface area (Å²) >= 11 is 0.